The number of aromatic nitrogens is 1. The summed E-state index contributed by atoms with van der Waals surface area (Å²) in [5.41, 5.74) is 2.65. The summed E-state index contributed by atoms with van der Waals surface area (Å²) in [6, 6.07) is 5.77. The van der Waals surface area contributed by atoms with Crippen LogP contribution >= 0.6 is 11.3 Å². The molecule has 1 amide bonds. The first-order chi connectivity index (χ1) is 9.61. The van der Waals surface area contributed by atoms with Crippen LogP contribution in [0.1, 0.15) is 33.8 Å². The quantitative estimate of drug-likeness (QED) is 0.889. The van der Waals surface area contributed by atoms with E-state index in [-0.39, 0.29) is 11.8 Å². The molecule has 0 spiro atoms. The monoisotopic (exact) mass is 289 g/mol. The second-order valence-electron chi connectivity index (χ2n) is 4.78. The third-order valence-corrected chi connectivity index (χ3v) is 4.14. The molecule has 0 radical (unpaired) electrons. The van der Waals surface area contributed by atoms with Crippen molar-refractivity contribution in [1.82, 2.24) is 10.3 Å². The first-order valence-corrected chi connectivity index (χ1v) is 7.45. The highest BCUT2D eigenvalue weighted by atomic mass is 32.1. The molecule has 2 rings (SSSR count). The van der Waals surface area contributed by atoms with Gasteiger partial charge in [0.05, 0.1) is 10.6 Å². The topological polar surface area (TPSA) is 54.0 Å². The van der Waals surface area contributed by atoms with Crippen LogP contribution in [0.5, 0.6) is 0 Å². The van der Waals surface area contributed by atoms with Crippen LogP contribution in [-0.2, 0) is 0 Å². The van der Waals surface area contributed by atoms with Crippen LogP contribution < -0.4 is 10.6 Å². The predicted molar refractivity (Wildman–Crippen MR) is 83.6 cm³/mol. The van der Waals surface area contributed by atoms with Crippen molar-refractivity contribution in [2.75, 3.05) is 18.9 Å². The van der Waals surface area contributed by atoms with Gasteiger partial charge in [0.15, 0.2) is 0 Å². The van der Waals surface area contributed by atoms with Crippen LogP contribution in [0, 0.1) is 6.92 Å². The van der Waals surface area contributed by atoms with Crippen molar-refractivity contribution >= 4 is 22.9 Å². The number of carbonyl (C=O) groups excluding carboxylic acids is 1. The summed E-state index contributed by atoms with van der Waals surface area (Å²) in [5, 5.41) is 9.03. The number of hydrogen-bond donors (Lipinski definition) is 2. The number of carbonyl (C=O) groups is 1. The normalized spacial score (nSPS) is 11.9. The van der Waals surface area contributed by atoms with Gasteiger partial charge in [-0.05, 0) is 24.6 Å². The van der Waals surface area contributed by atoms with E-state index < -0.39 is 0 Å². The molecule has 0 saturated heterocycles. The number of hydrogen-bond acceptors (Lipinski definition) is 4. The number of benzene rings is 1. The number of aryl methyl sites for hydroxylation is 1. The Labute approximate surface area is 123 Å². The molecule has 1 heterocycles. The summed E-state index contributed by atoms with van der Waals surface area (Å²) in [6.07, 6.45) is 1.79. The maximum Gasteiger partial charge on any atom is 0.253 e. The lowest BCUT2D eigenvalue weighted by molar-refractivity contribution is 0.0952. The Hall–Kier alpha value is -1.88. The van der Waals surface area contributed by atoms with Crippen molar-refractivity contribution in [1.29, 1.82) is 0 Å². The molecule has 0 fully saturated rings. The van der Waals surface area contributed by atoms with Crippen LogP contribution in [-0.4, -0.2) is 24.5 Å². The van der Waals surface area contributed by atoms with Gasteiger partial charge < -0.3 is 10.6 Å². The molecule has 1 aromatic heterocycles. The predicted octanol–water partition coefficient (Wildman–Crippen LogP) is 3.03. The zero-order valence-corrected chi connectivity index (χ0v) is 12.8. The standard InChI is InChI=1S/C15H19N3OS/c1-10-4-5-12(13(8-10)16-3)14(19)18-9-11(2)15-17-6-7-20-15/h4-8,11,16H,9H2,1-3H3,(H,18,19). The van der Waals surface area contributed by atoms with Crippen LogP contribution in [0.15, 0.2) is 29.8 Å². The highest BCUT2D eigenvalue weighted by molar-refractivity contribution is 7.09. The van der Waals surface area contributed by atoms with Gasteiger partial charge in [0, 0.05) is 36.8 Å². The fourth-order valence-corrected chi connectivity index (χ4v) is 2.67. The van der Waals surface area contributed by atoms with Gasteiger partial charge in [0.1, 0.15) is 0 Å². The maximum absolute atomic E-state index is 12.2. The van der Waals surface area contributed by atoms with Gasteiger partial charge in [-0.2, -0.15) is 0 Å². The number of nitrogens with one attached hydrogen (secondary N) is 2. The minimum atomic E-state index is -0.0576. The first-order valence-electron chi connectivity index (χ1n) is 6.57. The number of amides is 1. The van der Waals surface area contributed by atoms with Crippen molar-refractivity contribution in [3.8, 4) is 0 Å². The Balaban J connectivity index is 2.02. The molecule has 0 saturated carbocycles. The number of rotatable bonds is 5. The second kappa shape index (κ2) is 6.52. The van der Waals surface area contributed by atoms with Gasteiger partial charge in [-0.15, -0.1) is 11.3 Å². The van der Waals surface area contributed by atoms with Crippen LogP contribution in [0.4, 0.5) is 5.69 Å². The summed E-state index contributed by atoms with van der Waals surface area (Å²) in [6.45, 7) is 4.66. The lowest BCUT2D eigenvalue weighted by Crippen LogP contribution is -2.28. The Morgan fingerprint density at radius 1 is 1.45 bits per heavy atom. The maximum atomic E-state index is 12.2. The van der Waals surface area contributed by atoms with Gasteiger partial charge in [0.2, 0.25) is 0 Å². The largest absolute Gasteiger partial charge is 0.387 e. The zero-order chi connectivity index (χ0) is 14.5. The molecule has 1 atom stereocenters. The minimum Gasteiger partial charge on any atom is -0.387 e. The molecule has 0 bridgehead atoms. The molecule has 0 aliphatic rings. The molecule has 2 N–H and O–H groups in total. The Kier molecular flexibility index (Phi) is 4.74. The van der Waals surface area contributed by atoms with Crippen LogP contribution in [0.25, 0.3) is 0 Å². The Bertz CT molecular complexity index is 581. The SMILES string of the molecule is CNc1cc(C)ccc1C(=O)NCC(C)c1nccs1. The van der Waals surface area contributed by atoms with E-state index in [0.29, 0.717) is 12.1 Å². The summed E-state index contributed by atoms with van der Waals surface area (Å²) in [7, 11) is 1.82. The molecule has 5 heteroatoms. The molecule has 4 nitrogen and oxygen atoms in total. The molecule has 106 valence electrons. The van der Waals surface area contributed by atoms with Gasteiger partial charge in [-0.3, -0.25) is 4.79 Å². The average Bonchev–Trinajstić information content (AvgIpc) is 2.98. The molecule has 20 heavy (non-hydrogen) atoms. The zero-order valence-electron chi connectivity index (χ0n) is 11.9. The number of thiazole rings is 1. The van der Waals surface area contributed by atoms with Crippen molar-refractivity contribution in [2.45, 2.75) is 19.8 Å². The molecular weight excluding hydrogens is 270 g/mol. The van der Waals surface area contributed by atoms with E-state index in [1.165, 1.54) is 0 Å². The summed E-state index contributed by atoms with van der Waals surface area (Å²) < 4.78 is 0. The third-order valence-electron chi connectivity index (χ3n) is 3.13. The Morgan fingerprint density at radius 3 is 2.90 bits per heavy atom. The van der Waals surface area contributed by atoms with Gasteiger partial charge in [0.25, 0.3) is 5.91 Å². The summed E-state index contributed by atoms with van der Waals surface area (Å²) in [4.78, 5) is 16.5. The van der Waals surface area contributed by atoms with Crippen molar-refractivity contribution < 1.29 is 4.79 Å². The van der Waals surface area contributed by atoms with Gasteiger partial charge in [-0.1, -0.05) is 13.0 Å². The molecule has 0 aliphatic carbocycles. The first kappa shape index (κ1) is 14.5. The van der Waals surface area contributed by atoms with Crippen LogP contribution in [0.2, 0.25) is 0 Å². The van der Waals surface area contributed by atoms with E-state index in [9.17, 15) is 4.79 Å². The molecule has 2 aromatic rings. The average molecular weight is 289 g/mol. The molecule has 1 aromatic carbocycles. The van der Waals surface area contributed by atoms with Crippen molar-refractivity contribution in [2.24, 2.45) is 0 Å². The molecule has 1 unspecified atom stereocenters. The van der Waals surface area contributed by atoms with E-state index in [1.807, 2.05) is 37.6 Å². The van der Waals surface area contributed by atoms with E-state index in [0.717, 1.165) is 16.3 Å². The van der Waals surface area contributed by atoms with E-state index >= 15 is 0 Å². The minimum absolute atomic E-state index is 0.0576. The third kappa shape index (κ3) is 3.36. The second-order valence-corrected chi connectivity index (χ2v) is 5.71. The lowest BCUT2D eigenvalue weighted by Gasteiger charge is -2.13. The van der Waals surface area contributed by atoms with E-state index in [4.69, 9.17) is 0 Å². The summed E-state index contributed by atoms with van der Waals surface area (Å²) >= 11 is 1.61. The van der Waals surface area contributed by atoms with E-state index in [2.05, 4.69) is 22.5 Å². The lowest BCUT2D eigenvalue weighted by atomic mass is 10.1. The fraction of sp³-hybridized carbons (Fsp3) is 0.333. The smallest absolute Gasteiger partial charge is 0.253 e. The number of anilines is 1. The van der Waals surface area contributed by atoms with Crippen LogP contribution in [0.3, 0.4) is 0 Å². The highest BCUT2D eigenvalue weighted by Crippen LogP contribution is 2.19. The highest BCUT2D eigenvalue weighted by Gasteiger charge is 2.13. The van der Waals surface area contributed by atoms with E-state index in [1.54, 1.807) is 17.5 Å². The Morgan fingerprint density at radius 2 is 2.25 bits per heavy atom. The van der Waals surface area contributed by atoms with Crippen molar-refractivity contribution in [3.63, 3.8) is 0 Å². The number of nitrogens with zero attached hydrogens (tertiary/aromatic N) is 1. The van der Waals surface area contributed by atoms with Gasteiger partial charge in [-0.25, -0.2) is 4.98 Å². The van der Waals surface area contributed by atoms with Gasteiger partial charge >= 0.3 is 0 Å². The fourth-order valence-electron chi connectivity index (χ4n) is 1.97. The van der Waals surface area contributed by atoms with Crippen molar-refractivity contribution in [3.05, 3.63) is 45.9 Å². The summed E-state index contributed by atoms with van der Waals surface area (Å²) in [5.74, 6) is 0.167. The molecular formula is C15H19N3OS. The molecule has 0 aliphatic heterocycles.